The van der Waals surface area contributed by atoms with E-state index in [4.69, 9.17) is 24.7 Å². The minimum absolute atomic E-state index is 0.346. The first-order valence-electron chi connectivity index (χ1n) is 13.3. The Morgan fingerprint density at radius 1 is 1.03 bits per heavy atom. The number of likely N-dealkylation sites (tertiary alicyclic amines) is 1. The Morgan fingerprint density at radius 2 is 1.78 bits per heavy atom. The first-order chi connectivity index (χ1) is 17.9. The summed E-state index contributed by atoms with van der Waals surface area (Å²) >= 11 is 1.70. The lowest BCUT2D eigenvalue weighted by atomic mass is 9.83. The highest BCUT2D eigenvalue weighted by Crippen LogP contribution is 2.34. The van der Waals surface area contributed by atoms with Gasteiger partial charge in [0.05, 0.1) is 36.4 Å². The molecule has 0 amide bonds. The van der Waals surface area contributed by atoms with Crippen LogP contribution in [0.25, 0.3) is 27.3 Å². The quantitative estimate of drug-likeness (QED) is 0.410. The van der Waals surface area contributed by atoms with Gasteiger partial charge in [0, 0.05) is 19.5 Å². The molecule has 0 atom stereocenters. The molecule has 0 radical (unpaired) electrons. The molecule has 4 aromatic rings. The van der Waals surface area contributed by atoms with Gasteiger partial charge in [0.1, 0.15) is 15.5 Å². The van der Waals surface area contributed by atoms with Crippen molar-refractivity contribution in [3.63, 3.8) is 0 Å². The third kappa shape index (κ3) is 4.83. The van der Waals surface area contributed by atoms with Crippen LogP contribution in [0.5, 0.6) is 0 Å². The highest BCUT2D eigenvalue weighted by molar-refractivity contribution is 7.19. The number of rotatable bonds is 6. The van der Waals surface area contributed by atoms with Crippen molar-refractivity contribution >= 4 is 38.5 Å². The lowest BCUT2D eigenvalue weighted by molar-refractivity contribution is -0.0136. The van der Waals surface area contributed by atoms with Crippen LogP contribution < -0.4 is 4.90 Å². The minimum Gasteiger partial charge on any atom is -0.390 e. The number of aryl methyl sites for hydroxylation is 1. The summed E-state index contributed by atoms with van der Waals surface area (Å²) in [6.45, 7) is 11.7. The van der Waals surface area contributed by atoms with Crippen molar-refractivity contribution in [1.29, 1.82) is 0 Å². The second kappa shape index (κ2) is 9.90. The number of imidazole rings is 1. The Kier molecular flexibility index (Phi) is 6.60. The number of morpholine rings is 1. The topological polar surface area (TPSA) is 92.4 Å². The van der Waals surface area contributed by atoms with E-state index in [0.717, 1.165) is 90.0 Å². The van der Waals surface area contributed by atoms with Gasteiger partial charge in [-0.15, -0.1) is 11.3 Å². The van der Waals surface area contributed by atoms with Crippen molar-refractivity contribution < 1.29 is 9.84 Å². The second-order valence-electron chi connectivity index (χ2n) is 10.6. The number of thiazole rings is 1. The SMILES string of the molecule is CCc1nc2ccccc2n1-c1nc(N2CCOCC2)c2sc(CN3CCC(C(C)(C)O)CC3)nc2n1. The van der Waals surface area contributed by atoms with Crippen molar-refractivity contribution in [3.8, 4) is 5.95 Å². The number of para-hydroxylation sites is 2. The number of aromatic nitrogens is 5. The molecule has 3 aromatic heterocycles. The van der Waals surface area contributed by atoms with Crippen molar-refractivity contribution in [2.45, 2.75) is 52.2 Å². The molecule has 0 spiro atoms. The lowest BCUT2D eigenvalue weighted by Gasteiger charge is -2.37. The van der Waals surface area contributed by atoms with E-state index in [2.05, 4.69) is 27.4 Å². The summed E-state index contributed by atoms with van der Waals surface area (Å²) in [6, 6.07) is 8.16. The number of benzene rings is 1. The zero-order chi connectivity index (χ0) is 25.6. The molecular weight excluding hydrogens is 486 g/mol. The van der Waals surface area contributed by atoms with Gasteiger partial charge in [-0.05, 0) is 57.8 Å². The summed E-state index contributed by atoms with van der Waals surface area (Å²) < 4.78 is 8.75. The fourth-order valence-corrected chi connectivity index (χ4v) is 6.59. The van der Waals surface area contributed by atoms with E-state index in [0.29, 0.717) is 25.1 Å². The van der Waals surface area contributed by atoms with Gasteiger partial charge in [0.2, 0.25) is 5.95 Å². The van der Waals surface area contributed by atoms with Crippen molar-refractivity contribution in [3.05, 3.63) is 35.1 Å². The van der Waals surface area contributed by atoms with E-state index < -0.39 is 5.60 Å². The number of hydrogen-bond donors (Lipinski definition) is 1. The fourth-order valence-electron chi connectivity index (χ4n) is 5.52. The zero-order valence-electron chi connectivity index (χ0n) is 21.9. The maximum absolute atomic E-state index is 10.4. The van der Waals surface area contributed by atoms with Crippen molar-refractivity contribution in [2.24, 2.45) is 5.92 Å². The van der Waals surface area contributed by atoms with Gasteiger partial charge >= 0.3 is 0 Å². The van der Waals surface area contributed by atoms with Crippen LogP contribution in [0.2, 0.25) is 0 Å². The van der Waals surface area contributed by atoms with Gasteiger partial charge in [-0.3, -0.25) is 9.47 Å². The third-order valence-electron chi connectivity index (χ3n) is 7.67. The number of nitrogens with zero attached hydrogens (tertiary/aromatic N) is 7. The molecule has 2 saturated heterocycles. The molecule has 1 aromatic carbocycles. The molecule has 37 heavy (non-hydrogen) atoms. The summed E-state index contributed by atoms with van der Waals surface area (Å²) in [5, 5.41) is 11.5. The van der Waals surface area contributed by atoms with E-state index in [9.17, 15) is 5.11 Å². The third-order valence-corrected chi connectivity index (χ3v) is 8.70. The first kappa shape index (κ1) is 24.7. The van der Waals surface area contributed by atoms with Gasteiger partial charge in [0.25, 0.3) is 0 Å². The number of ether oxygens (including phenoxy) is 1. The van der Waals surface area contributed by atoms with Gasteiger partial charge < -0.3 is 14.7 Å². The Hall–Kier alpha value is -2.66. The number of aliphatic hydroxyl groups is 1. The van der Waals surface area contributed by atoms with E-state index in [1.54, 1.807) is 11.3 Å². The Bertz CT molecular complexity index is 1400. The normalized spacial score (nSPS) is 18.3. The molecule has 6 rings (SSSR count). The summed E-state index contributed by atoms with van der Waals surface area (Å²) in [4.78, 5) is 24.7. The molecule has 10 heteroatoms. The largest absolute Gasteiger partial charge is 0.390 e. The Morgan fingerprint density at radius 3 is 2.51 bits per heavy atom. The van der Waals surface area contributed by atoms with Crippen LogP contribution in [0.15, 0.2) is 24.3 Å². The van der Waals surface area contributed by atoms with Crippen LogP contribution in [-0.4, -0.2) is 79.5 Å². The molecule has 196 valence electrons. The molecule has 0 bridgehead atoms. The monoisotopic (exact) mass is 521 g/mol. The van der Waals surface area contributed by atoms with E-state index in [-0.39, 0.29) is 0 Å². The fraction of sp³-hybridized carbons (Fsp3) is 0.556. The molecule has 2 aliphatic rings. The van der Waals surface area contributed by atoms with Gasteiger partial charge in [0.15, 0.2) is 11.5 Å². The van der Waals surface area contributed by atoms with Gasteiger partial charge in [-0.25, -0.2) is 9.97 Å². The maximum Gasteiger partial charge on any atom is 0.239 e. The average Bonchev–Trinajstić information content (AvgIpc) is 3.49. The van der Waals surface area contributed by atoms with Crippen LogP contribution in [0.4, 0.5) is 5.82 Å². The average molecular weight is 522 g/mol. The molecule has 0 unspecified atom stereocenters. The molecule has 9 nitrogen and oxygen atoms in total. The second-order valence-corrected chi connectivity index (χ2v) is 11.7. The predicted molar refractivity (Wildman–Crippen MR) is 147 cm³/mol. The molecule has 0 aliphatic carbocycles. The van der Waals surface area contributed by atoms with Crippen LogP contribution >= 0.6 is 11.3 Å². The highest BCUT2D eigenvalue weighted by Gasteiger charge is 2.31. The summed E-state index contributed by atoms with van der Waals surface area (Å²) in [6.07, 6.45) is 2.79. The summed E-state index contributed by atoms with van der Waals surface area (Å²) in [7, 11) is 0. The highest BCUT2D eigenvalue weighted by atomic mass is 32.1. The molecule has 0 saturated carbocycles. The number of hydrogen-bond acceptors (Lipinski definition) is 9. The molecular formula is C27H35N7O2S. The molecule has 2 fully saturated rings. The minimum atomic E-state index is -0.615. The van der Waals surface area contributed by atoms with Crippen LogP contribution in [0, 0.1) is 5.92 Å². The predicted octanol–water partition coefficient (Wildman–Crippen LogP) is 3.81. The first-order valence-corrected chi connectivity index (χ1v) is 14.1. The Balaban J connectivity index is 1.38. The van der Waals surface area contributed by atoms with Crippen molar-refractivity contribution in [1.82, 2.24) is 29.4 Å². The smallest absolute Gasteiger partial charge is 0.239 e. The number of anilines is 1. The van der Waals surface area contributed by atoms with E-state index >= 15 is 0 Å². The van der Waals surface area contributed by atoms with Crippen LogP contribution in [0.3, 0.4) is 0 Å². The number of fused-ring (bicyclic) bond motifs is 2. The Labute approximate surface area is 221 Å². The summed E-state index contributed by atoms with van der Waals surface area (Å²) in [5.41, 5.74) is 2.09. The molecule has 1 N–H and O–H groups in total. The standard InChI is InChI=1S/C27H35N7O2S/c1-4-21-28-19-7-5-6-8-20(19)34(21)26-30-24-23(25(31-26)33-13-15-36-16-14-33)37-22(29-24)17-32-11-9-18(10-12-32)27(2,3)35/h5-8,18,35H,4,9-17H2,1-3H3. The summed E-state index contributed by atoms with van der Waals surface area (Å²) in [5.74, 6) is 2.85. The maximum atomic E-state index is 10.4. The molecule has 2 aliphatic heterocycles. The van der Waals surface area contributed by atoms with Crippen LogP contribution in [-0.2, 0) is 17.7 Å². The zero-order valence-corrected chi connectivity index (χ0v) is 22.7. The van der Waals surface area contributed by atoms with Crippen molar-refractivity contribution in [2.75, 3.05) is 44.3 Å². The van der Waals surface area contributed by atoms with Crippen LogP contribution in [0.1, 0.15) is 44.4 Å². The number of piperidine rings is 1. The van der Waals surface area contributed by atoms with E-state index in [1.807, 2.05) is 32.0 Å². The van der Waals surface area contributed by atoms with Gasteiger partial charge in [-0.1, -0.05) is 19.1 Å². The lowest BCUT2D eigenvalue weighted by Crippen LogP contribution is -2.41. The molecule has 5 heterocycles. The van der Waals surface area contributed by atoms with Gasteiger partial charge in [-0.2, -0.15) is 9.97 Å². The van der Waals surface area contributed by atoms with E-state index in [1.165, 1.54) is 0 Å².